The largest absolute Gasteiger partial charge is 0.347 e. The van der Waals surface area contributed by atoms with Crippen molar-refractivity contribution in [2.75, 3.05) is 0 Å². The second-order valence-corrected chi connectivity index (χ2v) is 5.60. The molecule has 1 aromatic carbocycles. The van der Waals surface area contributed by atoms with Gasteiger partial charge in [-0.25, -0.2) is 0 Å². The third kappa shape index (κ3) is 3.39. The van der Waals surface area contributed by atoms with Crippen LogP contribution in [0.1, 0.15) is 15.2 Å². The number of hydrogen-bond acceptors (Lipinski definition) is 4. The molecule has 0 saturated heterocycles. The molecule has 19 heavy (non-hydrogen) atoms. The standard InChI is InChI=1S/C12H9BrN2O3S/c13-8-5-9(19-7-8)6-14-12(16)10-3-1-2-4-11(10)15(17)18/h1-5,7H,6H2,(H,14,16). The average Bonchev–Trinajstić information content (AvgIpc) is 2.81. The van der Waals surface area contributed by atoms with Gasteiger partial charge in [0.1, 0.15) is 5.56 Å². The lowest BCUT2D eigenvalue weighted by molar-refractivity contribution is -0.385. The Labute approximate surface area is 121 Å². The highest BCUT2D eigenvalue weighted by Crippen LogP contribution is 2.20. The van der Waals surface area contributed by atoms with Crippen molar-refractivity contribution in [3.63, 3.8) is 0 Å². The number of halogens is 1. The zero-order valence-corrected chi connectivity index (χ0v) is 12.0. The van der Waals surface area contributed by atoms with E-state index < -0.39 is 10.8 Å². The lowest BCUT2D eigenvalue weighted by Crippen LogP contribution is -2.23. The molecule has 1 heterocycles. The Balaban J connectivity index is 2.10. The molecule has 0 saturated carbocycles. The minimum atomic E-state index is -0.559. The average molecular weight is 341 g/mol. The van der Waals surface area contributed by atoms with Gasteiger partial charge in [0.25, 0.3) is 11.6 Å². The van der Waals surface area contributed by atoms with E-state index in [1.165, 1.54) is 29.5 Å². The van der Waals surface area contributed by atoms with Crippen LogP contribution in [0.4, 0.5) is 5.69 Å². The molecular weight excluding hydrogens is 332 g/mol. The van der Waals surface area contributed by atoms with Gasteiger partial charge in [0, 0.05) is 20.8 Å². The van der Waals surface area contributed by atoms with E-state index in [1.54, 1.807) is 6.07 Å². The maximum absolute atomic E-state index is 11.9. The molecule has 0 aliphatic carbocycles. The summed E-state index contributed by atoms with van der Waals surface area (Å²) in [5.41, 5.74) is -0.115. The highest BCUT2D eigenvalue weighted by Gasteiger charge is 2.18. The summed E-state index contributed by atoms with van der Waals surface area (Å²) in [5.74, 6) is -0.447. The summed E-state index contributed by atoms with van der Waals surface area (Å²) in [5, 5.41) is 15.4. The zero-order chi connectivity index (χ0) is 13.8. The first-order valence-electron chi connectivity index (χ1n) is 5.32. The number of hydrogen-bond donors (Lipinski definition) is 1. The van der Waals surface area contributed by atoms with Gasteiger partial charge in [-0.2, -0.15) is 0 Å². The van der Waals surface area contributed by atoms with Crippen LogP contribution >= 0.6 is 27.3 Å². The van der Waals surface area contributed by atoms with Crippen molar-refractivity contribution in [2.45, 2.75) is 6.54 Å². The maximum Gasteiger partial charge on any atom is 0.282 e. The van der Waals surface area contributed by atoms with Gasteiger partial charge < -0.3 is 5.32 Å². The van der Waals surface area contributed by atoms with Crippen LogP contribution in [0.3, 0.4) is 0 Å². The molecular formula is C12H9BrN2O3S. The topological polar surface area (TPSA) is 72.2 Å². The molecule has 1 amide bonds. The van der Waals surface area contributed by atoms with Crippen LogP contribution in [-0.2, 0) is 6.54 Å². The predicted molar refractivity (Wildman–Crippen MR) is 76.3 cm³/mol. The molecule has 7 heteroatoms. The zero-order valence-electron chi connectivity index (χ0n) is 9.63. The fourth-order valence-corrected chi connectivity index (χ4v) is 2.92. The number of carbonyl (C=O) groups excluding carboxylic acids is 1. The number of amides is 1. The molecule has 1 N–H and O–H groups in total. The number of nitro benzene ring substituents is 1. The van der Waals surface area contributed by atoms with E-state index in [0.29, 0.717) is 6.54 Å². The third-order valence-corrected chi connectivity index (χ3v) is 4.09. The van der Waals surface area contributed by atoms with Gasteiger partial charge in [0.2, 0.25) is 0 Å². The van der Waals surface area contributed by atoms with Crippen molar-refractivity contribution >= 4 is 38.9 Å². The lowest BCUT2D eigenvalue weighted by atomic mass is 10.1. The molecule has 98 valence electrons. The van der Waals surface area contributed by atoms with E-state index in [-0.39, 0.29) is 11.3 Å². The summed E-state index contributed by atoms with van der Waals surface area (Å²) in [6.07, 6.45) is 0. The van der Waals surface area contributed by atoms with Gasteiger partial charge in [0.15, 0.2) is 0 Å². The van der Waals surface area contributed by atoms with E-state index >= 15 is 0 Å². The normalized spacial score (nSPS) is 10.2. The fourth-order valence-electron chi connectivity index (χ4n) is 1.53. The summed E-state index contributed by atoms with van der Waals surface area (Å²) in [6, 6.07) is 7.79. The van der Waals surface area contributed by atoms with E-state index in [1.807, 2.05) is 11.4 Å². The van der Waals surface area contributed by atoms with Crippen LogP contribution in [0.15, 0.2) is 40.2 Å². The van der Waals surface area contributed by atoms with Gasteiger partial charge in [-0.3, -0.25) is 14.9 Å². The number of nitro groups is 1. The molecule has 2 aromatic rings. The number of rotatable bonds is 4. The molecule has 0 spiro atoms. The number of thiophene rings is 1. The number of para-hydroxylation sites is 1. The van der Waals surface area contributed by atoms with Crippen LogP contribution in [0.25, 0.3) is 0 Å². The monoisotopic (exact) mass is 340 g/mol. The summed E-state index contributed by atoms with van der Waals surface area (Å²) < 4.78 is 0.951. The summed E-state index contributed by atoms with van der Waals surface area (Å²) >= 11 is 4.82. The van der Waals surface area contributed by atoms with Gasteiger partial charge >= 0.3 is 0 Å². The molecule has 0 atom stereocenters. The smallest absolute Gasteiger partial charge is 0.282 e. The van der Waals surface area contributed by atoms with E-state index in [9.17, 15) is 14.9 Å². The van der Waals surface area contributed by atoms with Crippen molar-refractivity contribution in [3.05, 3.63) is 60.7 Å². The molecule has 0 unspecified atom stereocenters. The molecule has 0 fully saturated rings. The van der Waals surface area contributed by atoms with E-state index in [2.05, 4.69) is 21.2 Å². The first-order valence-corrected chi connectivity index (χ1v) is 6.99. The highest BCUT2D eigenvalue weighted by molar-refractivity contribution is 9.10. The Bertz CT molecular complexity index is 627. The van der Waals surface area contributed by atoms with Gasteiger partial charge in [0.05, 0.1) is 11.5 Å². The van der Waals surface area contributed by atoms with Crippen LogP contribution in [0.2, 0.25) is 0 Å². The lowest BCUT2D eigenvalue weighted by Gasteiger charge is -2.04. The summed E-state index contributed by atoms with van der Waals surface area (Å²) in [4.78, 5) is 23.2. The van der Waals surface area contributed by atoms with Crippen LogP contribution in [-0.4, -0.2) is 10.8 Å². The molecule has 0 aliphatic rings. The Morgan fingerprint density at radius 1 is 1.42 bits per heavy atom. The molecule has 0 aliphatic heterocycles. The van der Waals surface area contributed by atoms with Crippen LogP contribution in [0.5, 0.6) is 0 Å². The number of carbonyl (C=O) groups is 1. The molecule has 5 nitrogen and oxygen atoms in total. The first-order chi connectivity index (χ1) is 9.08. The van der Waals surface area contributed by atoms with Crippen molar-refractivity contribution < 1.29 is 9.72 Å². The Hall–Kier alpha value is -1.73. The summed E-state index contributed by atoms with van der Waals surface area (Å²) in [6.45, 7) is 0.348. The molecule has 0 bridgehead atoms. The van der Waals surface area contributed by atoms with Crippen molar-refractivity contribution in [3.8, 4) is 0 Å². The van der Waals surface area contributed by atoms with Crippen molar-refractivity contribution in [1.29, 1.82) is 0 Å². The van der Waals surface area contributed by atoms with E-state index in [4.69, 9.17) is 0 Å². The summed E-state index contributed by atoms with van der Waals surface area (Å²) in [7, 11) is 0. The van der Waals surface area contributed by atoms with Crippen molar-refractivity contribution in [1.82, 2.24) is 5.32 Å². The van der Waals surface area contributed by atoms with Crippen LogP contribution < -0.4 is 5.32 Å². The Morgan fingerprint density at radius 3 is 2.79 bits per heavy atom. The first kappa shape index (κ1) is 13.7. The van der Waals surface area contributed by atoms with Gasteiger partial charge in [-0.1, -0.05) is 12.1 Å². The second kappa shape index (κ2) is 5.94. The van der Waals surface area contributed by atoms with Crippen molar-refractivity contribution in [2.24, 2.45) is 0 Å². The minimum Gasteiger partial charge on any atom is -0.347 e. The fraction of sp³-hybridized carbons (Fsp3) is 0.0833. The Morgan fingerprint density at radius 2 is 2.16 bits per heavy atom. The maximum atomic E-state index is 11.9. The molecule has 2 rings (SSSR count). The molecule has 0 radical (unpaired) electrons. The van der Waals surface area contributed by atoms with Gasteiger partial charge in [-0.15, -0.1) is 11.3 Å². The molecule has 1 aromatic heterocycles. The second-order valence-electron chi connectivity index (χ2n) is 3.69. The van der Waals surface area contributed by atoms with E-state index in [0.717, 1.165) is 9.35 Å². The Kier molecular flexibility index (Phi) is 4.28. The van der Waals surface area contributed by atoms with Gasteiger partial charge in [-0.05, 0) is 28.1 Å². The minimum absolute atomic E-state index is 0.0723. The number of nitrogens with zero attached hydrogens (tertiary/aromatic N) is 1. The SMILES string of the molecule is O=C(NCc1cc(Br)cs1)c1ccccc1[N+](=O)[O-]. The quantitative estimate of drug-likeness (QED) is 0.685. The number of nitrogens with one attached hydrogen (secondary N) is 1. The number of benzene rings is 1. The highest BCUT2D eigenvalue weighted by atomic mass is 79.9. The predicted octanol–water partition coefficient (Wildman–Crippen LogP) is 3.35. The third-order valence-electron chi connectivity index (χ3n) is 2.39. The van der Waals surface area contributed by atoms with Crippen LogP contribution in [0, 0.1) is 10.1 Å².